The van der Waals surface area contributed by atoms with Gasteiger partial charge in [-0.1, -0.05) is 13.8 Å². The molecule has 1 N–H and O–H groups in total. The number of aromatic nitrogens is 2. The second kappa shape index (κ2) is 5.20. The lowest BCUT2D eigenvalue weighted by Crippen LogP contribution is -2.10. The summed E-state index contributed by atoms with van der Waals surface area (Å²) in [6.45, 7) is 6.20. The van der Waals surface area contributed by atoms with Crippen LogP contribution in [0.25, 0.3) is 0 Å². The molecule has 0 spiro atoms. The minimum atomic E-state index is -0.0577. The Morgan fingerprint density at radius 3 is 2.86 bits per heavy atom. The highest BCUT2D eigenvalue weighted by atomic mass is 32.2. The Labute approximate surface area is 88.3 Å². The predicted molar refractivity (Wildman–Crippen MR) is 60.6 cm³/mol. The first-order valence-corrected chi connectivity index (χ1v) is 5.88. The molecule has 0 fully saturated rings. The van der Waals surface area contributed by atoms with Gasteiger partial charge in [-0.2, -0.15) is 11.8 Å². The van der Waals surface area contributed by atoms with Crippen LogP contribution in [0.1, 0.15) is 25.4 Å². The van der Waals surface area contributed by atoms with Gasteiger partial charge in [0.2, 0.25) is 0 Å². The molecule has 0 aliphatic rings. The van der Waals surface area contributed by atoms with E-state index in [4.69, 9.17) is 0 Å². The lowest BCUT2D eigenvalue weighted by Gasteiger charge is -2.04. The molecule has 3 nitrogen and oxygen atoms in total. The number of thioether (sulfide) groups is 1. The molecule has 4 heteroatoms. The van der Waals surface area contributed by atoms with Crippen molar-refractivity contribution >= 4 is 11.8 Å². The first-order valence-electron chi connectivity index (χ1n) is 4.72. The lowest BCUT2D eigenvalue weighted by atomic mass is 10.3. The molecule has 0 aromatic carbocycles. The highest BCUT2D eigenvalue weighted by molar-refractivity contribution is 7.98. The van der Waals surface area contributed by atoms with Gasteiger partial charge in [0.25, 0.3) is 5.56 Å². The second-order valence-electron chi connectivity index (χ2n) is 3.74. The zero-order valence-electron chi connectivity index (χ0n) is 8.83. The molecular weight excluding hydrogens is 196 g/mol. The summed E-state index contributed by atoms with van der Waals surface area (Å²) in [6, 6.07) is 1.51. The van der Waals surface area contributed by atoms with Crippen LogP contribution in [0.3, 0.4) is 0 Å². The van der Waals surface area contributed by atoms with Crippen LogP contribution < -0.4 is 5.56 Å². The van der Waals surface area contributed by atoms with Crippen LogP contribution in [0.15, 0.2) is 10.9 Å². The van der Waals surface area contributed by atoms with Gasteiger partial charge in [-0.25, -0.2) is 4.98 Å². The summed E-state index contributed by atoms with van der Waals surface area (Å²) in [5.41, 5.74) is 0.728. The van der Waals surface area contributed by atoms with E-state index in [0.29, 0.717) is 5.92 Å². The van der Waals surface area contributed by atoms with Crippen LogP contribution in [-0.2, 0) is 5.75 Å². The third-order valence-corrected chi connectivity index (χ3v) is 2.99. The fourth-order valence-electron chi connectivity index (χ4n) is 1.10. The van der Waals surface area contributed by atoms with E-state index < -0.39 is 0 Å². The highest BCUT2D eigenvalue weighted by Crippen LogP contribution is 2.11. The van der Waals surface area contributed by atoms with Crippen molar-refractivity contribution < 1.29 is 0 Å². The maximum absolute atomic E-state index is 11.1. The number of aryl methyl sites for hydroxylation is 1. The summed E-state index contributed by atoms with van der Waals surface area (Å²) in [5, 5.41) is 0. The van der Waals surface area contributed by atoms with Crippen molar-refractivity contribution in [2.45, 2.75) is 26.5 Å². The number of nitrogens with one attached hydrogen (secondary N) is 1. The molecule has 0 saturated heterocycles. The van der Waals surface area contributed by atoms with Crippen LogP contribution in [0.2, 0.25) is 0 Å². The van der Waals surface area contributed by atoms with Crippen LogP contribution in [-0.4, -0.2) is 15.7 Å². The number of rotatable bonds is 4. The summed E-state index contributed by atoms with van der Waals surface area (Å²) < 4.78 is 0. The Morgan fingerprint density at radius 1 is 1.57 bits per heavy atom. The highest BCUT2D eigenvalue weighted by Gasteiger charge is 1.99. The third-order valence-electron chi connectivity index (χ3n) is 1.61. The fraction of sp³-hybridized carbons (Fsp3) is 0.600. The van der Waals surface area contributed by atoms with E-state index in [0.717, 1.165) is 23.0 Å². The minimum absolute atomic E-state index is 0.0577. The monoisotopic (exact) mass is 212 g/mol. The van der Waals surface area contributed by atoms with Gasteiger partial charge in [-0.3, -0.25) is 4.79 Å². The number of aromatic amines is 1. The van der Waals surface area contributed by atoms with Crippen molar-refractivity contribution in [2.24, 2.45) is 5.92 Å². The molecule has 14 heavy (non-hydrogen) atoms. The summed E-state index contributed by atoms with van der Waals surface area (Å²) >= 11 is 1.80. The molecule has 0 unspecified atom stereocenters. The van der Waals surface area contributed by atoms with Crippen LogP contribution in [0.4, 0.5) is 0 Å². The number of hydrogen-bond donors (Lipinski definition) is 1. The summed E-state index contributed by atoms with van der Waals surface area (Å²) in [5.74, 6) is 3.34. The Balaban J connectivity index is 2.55. The lowest BCUT2D eigenvalue weighted by molar-refractivity contribution is 0.749. The van der Waals surface area contributed by atoms with E-state index in [1.165, 1.54) is 6.07 Å². The Bertz CT molecular complexity index is 346. The Kier molecular flexibility index (Phi) is 4.20. The molecule has 0 bridgehead atoms. The molecule has 0 saturated carbocycles. The maximum Gasteiger partial charge on any atom is 0.251 e. The molecule has 1 rings (SSSR count). The molecule has 0 aliphatic heterocycles. The summed E-state index contributed by atoms with van der Waals surface area (Å²) in [4.78, 5) is 18.1. The first-order chi connectivity index (χ1) is 6.58. The fourth-order valence-corrected chi connectivity index (χ4v) is 2.02. The Morgan fingerprint density at radius 2 is 2.29 bits per heavy atom. The van der Waals surface area contributed by atoms with Gasteiger partial charge in [0, 0.05) is 11.8 Å². The van der Waals surface area contributed by atoms with Crippen LogP contribution in [0.5, 0.6) is 0 Å². The smallest absolute Gasteiger partial charge is 0.251 e. The third kappa shape index (κ3) is 3.96. The summed E-state index contributed by atoms with van der Waals surface area (Å²) in [6.07, 6.45) is 0. The normalized spacial score (nSPS) is 10.9. The Hall–Kier alpha value is -0.770. The molecule has 0 atom stereocenters. The van der Waals surface area contributed by atoms with Crippen molar-refractivity contribution in [3.8, 4) is 0 Å². The van der Waals surface area contributed by atoms with Gasteiger partial charge in [-0.15, -0.1) is 0 Å². The standard InChI is InChI=1S/C10H16N2OS/c1-7(2)5-14-6-9-11-8(3)4-10(13)12-9/h4,7H,5-6H2,1-3H3,(H,11,12,13). The van der Waals surface area contributed by atoms with Crippen molar-refractivity contribution in [1.82, 2.24) is 9.97 Å². The van der Waals surface area contributed by atoms with Crippen LogP contribution >= 0.6 is 11.8 Å². The number of H-pyrrole nitrogens is 1. The maximum atomic E-state index is 11.1. The quantitative estimate of drug-likeness (QED) is 0.830. The first kappa shape index (κ1) is 11.3. The summed E-state index contributed by atoms with van der Waals surface area (Å²) in [7, 11) is 0. The van der Waals surface area contributed by atoms with E-state index in [-0.39, 0.29) is 5.56 Å². The van der Waals surface area contributed by atoms with Gasteiger partial charge < -0.3 is 4.98 Å². The van der Waals surface area contributed by atoms with Gasteiger partial charge in [0.1, 0.15) is 5.82 Å². The van der Waals surface area contributed by atoms with E-state index >= 15 is 0 Å². The van der Waals surface area contributed by atoms with E-state index in [1.54, 1.807) is 11.8 Å². The minimum Gasteiger partial charge on any atom is -0.310 e. The zero-order valence-corrected chi connectivity index (χ0v) is 9.65. The van der Waals surface area contributed by atoms with E-state index in [9.17, 15) is 4.79 Å². The van der Waals surface area contributed by atoms with Gasteiger partial charge in [-0.05, 0) is 18.6 Å². The van der Waals surface area contributed by atoms with Crippen molar-refractivity contribution in [3.05, 3.63) is 27.9 Å². The second-order valence-corrected chi connectivity index (χ2v) is 4.77. The average Bonchev–Trinajstić information content (AvgIpc) is 2.01. The molecule has 1 aromatic heterocycles. The molecule has 0 aliphatic carbocycles. The topological polar surface area (TPSA) is 45.8 Å². The molecule has 0 radical (unpaired) electrons. The van der Waals surface area contributed by atoms with E-state index in [1.807, 2.05) is 6.92 Å². The van der Waals surface area contributed by atoms with Gasteiger partial charge >= 0.3 is 0 Å². The van der Waals surface area contributed by atoms with Crippen molar-refractivity contribution in [3.63, 3.8) is 0 Å². The van der Waals surface area contributed by atoms with Crippen molar-refractivity contribution in [1.29, 1.82) is 0 Å². The molecule has 0 amide bonds. The predicted octanol–water partition coefficient (Wildman–Crippen LogP) is 1.97. The molecule has 1 aromatic rings. The van der Waals surface area contributed by atoms with Gasteiger partial charge in [0.15, 0.2) is 0 Å². The largest absolute Gasteiger partial charge is 0.310 e. The SMILES string of the molecule is Cc1cc(=O)[nH]c(CSCC(C)C)n1. The van der Waals surface area contributed by atoms with Crippen LogP contribution in [0, 0.1) is 12.8 Å². The van der Waals surface area contributed by atoms with Gasteiger partial charge in [0.05, 0.1) is 5.75 Å². The number of nitrogens with zero attached hydrogens (tertiary/aromatic N) is 1. The average molecular weight is 212 g/mol. The zero-order chi connectivity index (χ0) is 10.6. The molecular formula is C10H16N2OS. The van der Waals surface area contributed by atoms with Crippen molar-refractivity contribution in [2.75, 3.05) is 5.75 Å². The molecule has 1 heterocycles. The van der Waals surface area contributed by atoms with E-state index in [2.05, 4.69) is 23.8 Å². The molecule has 78 valence electrons. The number of hydrogen-bond acceptors (Lipinski definition) is 3.